The van der Waals surface area contributed by atoms with Gasteiger partial charge in [0.1, 0.15) is 11.5 Å². The Morgan fingerprint density at radius 1 is 0.844 bits per heavy atom. The molecule has 32 heavy (non-hydrogen) atoms. The first kappa shape index (κ1) is 17.8. The lowest BCUT2D eigenvalue weighted by atomic mass is 9.84. The number of rotatable bonds is 2. The van der Waals surface area contributed by atoms with Crippen LogP contribution in [0.15, 0.2) is 108 Å². The minimum absolute atomic E-state index is 0.109. The highest BCUT2D eigenvalue weighted by atomic mass is 16.7. The number of anilines is 1. The highest BCUT2D eigenvalue weighted by Gasteiger charge is 2.64. The molecule has 156 valence electrons. The number of hydrogen-bond acceptors (Lipinski definition) is 3. The van der Waals surface area contributed by atoms with Crippen LogP contribution in [0.25, 0.3) is 0 Å². The van der Waals surface area contributed by atoms with E-state index in [-0.39, 0.29) is 6.04 Å². The molecule has 3 aromatic rings. The Bertz CT molecular complexity index is 1300. The highest BCUT2D eigenvalue weighted by molar-refractivity contribution is 5.82. The van der Waals surface area contributed by atoms with E-state index in [0.717, 1.165) is 41.3 Å². The number of ether oxygens (including phenoxy) is 2. The van der Waals surface area contributed by atoms with Crippen LogP contribution < -0.4 is 9.64 Å². The molecule has 1 spiro atoms. The second kappa shape index (κ2) is 6.60. The minimum Gasteiger partial charge on any atom is -0.384 e. The molecule has 4 aliphatic rings. The predicted octanol–water partition coefficient (Wildman–Crippen LogP) is 5.92. The molecule has 0 aromatic heterocycles. The van der Waals surface area contributed by atoms with E-state index >= 15 is 0 Å². The number of benzene rings is 3. The maximum absolute atomic E-state index is 6.94. The molecule has 3 aromatic carbocycles. The lowest BCUT2D eigenvalue weighted by Crippen LogP contribution is -2.67. The zero-order valence-corrected chi connectivity index (χ0v) is 17.6. The van der Waals surface area contributed by atoms with E-state index < -0.39 is 6.03 Å². The van der Waals surface area contributed by atoms with E-state index in [1.54, 1.807) is 0 Å². The fraction of sp³-hybridized carbons (Fsp3) is 0.179. The Morgan fingerprint density at radius 3 is 2.44 bits per heavy atom. The first-order valence-corrected chi connectivity index (χ1v) is 11.2. The molecule has 3 atom stereocenters. The van der Waals surface area contributed by atoms with Gasteiger partial charge in [-0.1, -0.05) is 65.2 Å². The van der Waals surface area contributed by atoms with Gasteiger partial charge in [-0.15, -0.1) is 0 Å². The van der Waals surface area contributed by atoms with Crippen LogP contribution in [0.4, 0.5) is 11.4 Å². The largest absolute Gasteiger partial charge is 0.580 e. The van der Waals surface area contributed by atoms with Crippen LogP contribution in [-0.4, -0.2) is 16.8 Å². The number of nitrogens with zero attached hydrogens (tertiary/aromatic N) is 2. The second-order valence-corrected chi connectivity index (χ2v) is 8.78. The molecule has 1 aliphatic carbocycles. The summed E-state index contributed by atoms with van der Waals surface area (Å²) in [6.45, 7) is 0. The summed E-state index contributed by atoms with van der Waals surface area (Å²) >= 11 is 0. The van der Waals surface area contributed by atoms with Crippen molar-refractivity contribution in [1.82, 2.24) is 0 Å². The summed E-state index contributed by atoms with van der Waals surface area (Å²) in [5.41, 5.74) is 4.42. The van der Waals surface area contributed by atoms with Crippen molar-refractivity contribution in [2.45, 2.75) is 24.9 Å². The molecule has 0 radical (unpaired) electrons. The minimum atomic E-state index is -1.14. The van der Waals surface area contributed by atoms with Crippen molar-refractivity contribution < 1.29 is 14.0 Å². The molecule has 4 heteroatoms. The van der Waals surface area contributed by atoms with E-state index in [9.17, 15) is 0 Å². The number of hydrogen-bond donors (Lipinski definition) is 0. The Morgan fingerprint density at radius 2 is 1.59 bits per heavy atom. The van der Waals surface area contributed by atoms with Crippen molar-refractivity contribution in [2.75, 3.05) is 4.90 Å². The molecule has 7 rings (SSSR count). The Hall–Kier alpha value is -3.79. The van der Waals surface area contributed by atoms with Gasteiger partial charge < -0.3 is 9.47 Å². The third kappa shape index (κ3) is 2.46. The summed E-state index contributed by atoms with van der Waals surface area (Å²) in [6.07, 6.45) is 8.65. The molecule has 0 amide bonds. The van der Waals surface area contributed by atoms with Gasteiger partial charge in [0.15, 0.2) is 6.21 Å². The zero-order chi connectivity index (χ0) is 21.1. The molecule has 3 aliphatic heterocycles. The molecule has 0 N–H and O–H groups in total. The summed E-state index contributed by atoms with van der Waals surface area (Å²) < 4.78 is 16.0. The van der Waals surface area contributed by atoms with E-state index in [2.05, 4.69) is 101 Å². The maximum Gasteiger partial charge on any atom is 0.580 e. The molecular weight excluding hydrogens is 396 g/mol. The maximum atomic E-state index is 6.94. The summed E-state index contributed by atoms with van der Waals surface area (Å²) in [7, 11) is 0. The molecule has 1 saturated heterocycles. The average Bonchev–Trinajstić information content (AvgIpc) is 2.84. The van der Waals surface area contributed by atoms with Gasteiger partial charge in [-0.3, -0.25) is 0 Å². The third-order valence-corrected chi connectivity index (χ3v) is 6.88. The van der Waals surface area contributed by atoms with Gasteiger partial charge in [-0.25, -0.2) is 4.90 Å². The predicted molar refractivity (Wildman–Crippen MR) is 124 cm³/mol. The summed E-state index contributed by atoms with van der Waals surface area (Å²) in [4.78, 5) is 2.33. The lowest BCUT2D eigenvalue weighted by molar-refractivity contribution is -0.650. The van der Waals surface area contributed by atoms with Gasteiger partial charge in [0.05, 0.1) is 17.3 Å². The number of allylic oxidation sites excluding steroid dienone is 4. The van der Waals surface area contributed by atoms with E-state index in [1.165, 1.54) is 5.56 Å². The third-order valence-electron chi connectivity index (χ3n) is 6.88. The van der Waals surface area contributed by atoms with Gasteiger partial charge in [0, 0.05) is 24.1 Å². The van der Waals surface area contributed by atoms with Gasteiger partial charge in [0.2, 0.25) is 5.69 Å². The summed E-state index contributed by atoms with van der Waals surface area (Å²) in [5, 5.41) is 0. The van der Waals surface area contributed by atoms with Crippen LogP contribution in [0.1, 0.15) is 24.4 Å². The SMILES string of the molecule is C1=CC2CC3=C1C=[N+](c1ccccc1)[C@]1(O3)Oc3ccccc3C(C2)N1c1ccccc1. The van der Waals surface area contributed by atoms with Crippen LogP contribution in [-0.2, 0) is 4.74 Å². The highest BCUT2D eigenvalue weighted by Crippen LogP contribution is 2.53. The molecule has 4 nitrogen and oxygen atoms in total. The van der Waals surface area contributed by atoms with E-state index in [1.807, 2.05) is 12.1 Å². The normalized spacial score (nSPS) is 27.0. The summed E-state index contributed by atoms with van der Waals surface area (Å²) in [5.74, 6) is 2.31. The smallest absolute Gasteiger partial charge is 0.384 e. The van der Waals surface area contributed by atoms with Gasteiger partial charge in [-0.2, -0.15) is 0 Å². The lowest BCUT2D eigenvalue weighted by Gasteiger charge is -2.50. The van der Waals surface area contributed by atoms with Crippen LogP contribution in [0.5, 0.6) is 5.75 Å². The van der Waals surface area contributed by atoms with Crippen LogP contribution in [0, 0.1) is 5.92 Å². The van der Waals surface area contributed by atoms with Crippen molar-refractivity contribution >= 4 is 17.6 Å². The van der Waals surface area contributed by atoms with Crippen LogP contribution >= 0.6 is 0 Å². The molecule has 3 heterocycles. The Kier molecular flexibility index (Phi) is 3.68. The van der Waals surface area contributed by atoms with Crippen molar-refractivity contribution in [3.05, 3.63) is 114 Å². The van der Waals surface area contributed by atoms with Crippen molar-refractivity contribution in [2.24, 2.45) is 5.92 Å². The number of para-hydroxylation sites is 3. The monoisotopic (exact) mass is 419 g/mol. The molecule has 2 unspecified atom stereocenters. The van der Waals surface area contributed by atoms with Gasteiger partial charge >= 0.3 is 6.03 Å². The number of fused-ring (bicyclic) bond motifs is 4. The zero-order valence-electron chi connectivity index (χ0n) is 17.6. The standard InChI is InChI=1S/C28H23N2O2/c1-3-9-22(10-4-1)29-19-21-16-15-20-17-25-24-13-7-8-14-26(24)31-28(29,32-27(21)18-20)30(25)23-11-5-2-6-12-23/h1-16,19-20,25H,17-18H2/q+1/t20?,25?,28-/m1/s1. The van der Waals surface area contributed by atoms with Gasteiger partial charge in [-0.05, 0) is 36.6 Å². The average molecular weight is 420 g/mol. The van der Waals surface area contributed by atoms with Crippen LogP contribution in [0.2, 0.25) is 0 Å². The van der Waals surface area contributed by atoms with Crippen molar-refractivity contribution in [1.29, 1.82) is 0 Å². The van der Waals surface area contributed by atoms with Crippen molar-refractivity contribution in [3.8, 4) is 5.75 Å². The van der Waals surface area contributed by atoms with E-state index in [4.69, 9.17) is 9.47 Å². The van der Waals surface area contributed by atoms with Crippen molar-refractivity contribution in [3.63, 3.8) is 0 Å². The van der Waals surface area contributed by atoms with Crippen LogP contribution in [0.3, 0.4) is 0 Å². The molecule has 1 fully saturated rings. The molecule has 4 bridgehead atoms. The summed E-state index contributed by atoms with van der Waals surface area (Å²) in [6, 6.07) is 28.2. The molecule has 0 saturated carbocycles. The fourth-order valence-electron chi connectivity index (χ4n) is 5.45. The Balaban J connectivity index is 1.56. The first-order valence-electron chi connectivity index (χ1n) is 11.2. The first-order chi connectivity index (χ1) is 15.8. The molecular formula is C28H23N2O2+. The van der Waals surface area contributed by atoms with E-state index in [0.29, 0.717) is 5.92 Å². The quantitative estimate of drug-likeness (QED) is 0.482. The Labute approximate surface area is 187 Å². The fourth-order valence-corrected chi connectivity index (χ4v) is 5.45. The van der Waals surface area contributed by atoms with Gasteiger partial charge in [0.25, 0.3) is 0 Å². The second-order valence-electron chi connectivity index (χ2n) is 8.78. The topological polar surface area (TPSA) is 24.7 Å².